The maximum absolute atomic E-state index is 12.0. The highest BCUT2D eigenvalue weighted by Crippen LogP contribution is 2.16. The zero-order valence-electron chi connectivity index (χ0n) is 9.21. The van der Waals surface area contributed by atoms with Crippen LogP contribution in [0.15, 0.2) is 36.7 Å². The van der Waals surface area contributed by atoms with E-state index in [4.69, 9.17) is 5.26 Å². The molecule has 2 rings (SSSR count). The zero-order chi connectivity index (χ0) is 12.3. The summed E-state index contributed by atoms with van der Waals surface area (Å²) in [6, 6.07) is 8.92. The predicted octanol–water partition coefficient (Wildman–Crippen LogP) is 1.56. The standard InChI is InChI=1S/C12H10N4O/c1-16(12(17)10-7-14-15-8-10)11-4-2-3-9(5-11)6-13/h2-5,7-8H,1H3,(H,14,15). The van der Waals surface area contributed by atoms with Gasteiger partial charge in [0, 0.05) is 18.9 Å². The molecule has 2 aromatic rings. The maximum Gasteiger partial charge on any atom is 0.261 e. The number of nitriles is 1. The predicted molar refractivity (Wildman–Crippen MR) is 62.5 cm³/mol. The van der Waals surface area contributed by atoms with Crippen LogP contribution in [0.1, 0.15) is 15.9 Å². The number of carbonyl (C=O) groups is 1. The Morgan fingerprint density at radius 1 is 1.53 bits per heavy atom. The van der Waals surface area contributed by atoms with Crippen LogP contribution < -0.4 is 4.90 Å². The third-order valence-electron chi connectivity index (χ3n) is 2.41. The molecule has 1 amide bonds. The molecule has 1 N–H and O–H groups in total. The Morgan fingerprint density at radius 3 is 3.00 bits per heavy atom. The molecule has 0 aliphatic carbocycles. The second-order valence-corrected chi connectivity index (χ2v) is 3.51. The molecule has 17 heavy (non-hydrogen) atoms. The van der Waals surface area contributed by atoms with Crippen LogP contribution in [0.2, 0.25) is 0 Å². The molecule has 1 aromatic heterocycles. The number of benzene rings is 1. The lowest BCUT2D eigenvalue weighted by atomic mass is 10.2. The number of nitrogens with zero attached hydrogens (tertiary/aromatic N) is 3. The van der Waals surface area contributed by atoms with Crippen LogP contribution in [0.3, 0.4) is 0 Å². The number of carbonyl (C=O) groups excluding carboxylic acids is 1. The highest BCUT2D eigenvalue weighted by molar-refractivity contribution is 6.05. The van der Waals surface area contributed by atoms with Gasteiger partial charge in [0.2, 0.25) is 0 Å². The minimum Gasteiger partial charge on any atom is -0.311 e. The van der Waals surface area contributed by atoms with Gasteiger partial charge in [-0.25, -0.2) is 0 Å². The van der Waals surface area contributed by atoms with Gasteiger partial charge in [0.05, 0.1) is 23.4 Å². The van der Waals surface area contributed by atoms with Gasteiger partial charge in [0.15, 0.2) is 0 Å². The van der Waals surface area contributed by atoms with Crippen LogP contribution in [-0.2, 0) is 0 Å². The summed E-state index contributed by atoms with van der Waals surface area (Å²) in [7, 11) is 1.66. The first kappa shape index (κ1) is 10.9. The van der Waals surface area contributed by atoms with Crippen LogP contribution in [0.5, 0.6) is 0 Å². The maximum atomic E-state index is 12.0. The first-order chi connectivity index (χ1) is 8.22. The molecule has 0 aliphatic heterocycles. The number of hydrogen-bond donors (Lipinski definition) is 1. The highest BCUT2D eigenvalue weighted by atomic mass is 16.2. The van der Waals surface area contributed by atoms with Gasteiger partial charge in [-0.2, -0.15) is 10.4 Å². The van der Waals surface area contributed by atoms with E-state index in [1.165, 1.54) is 17.3 Å². The molecule has 0 unspecified atom stereocenters. The molecule has 0 spiro atoms. The summed E-state index contributed by atoms with van der Waals surface area (Å²) in [6.07, 6.45) is 3.00. The summed E-state index contributed by atoms with van der Waals surface area (Å²) < 4.78 is 0. The van der Waals surface area contributed by atoms with Crippen LogP contribution >= 0.6 is 0 Å². The number of nitrogens with one attached hydrogen (secondary N) is 1. The summed E-state index contributed by atoms with van der Waals surface area (Å²) >= 11 is 0. The molecule has 1 heterocycles. The lowest BCUT2D eigenvalue weighted by molar-refractivity contribution is 0.0993. The summed E-state index contributed by atoms with van der Waals surface area (Å²) in [5.41, 5.74) is 1.68. The SMILES string of the molecule is CN(C(=O)c1cn[nH]c1)c1cccc(C#N)c1. The fourth-order valence-electron chi connectivity index (χ4n) is 1.46. The van der Waals surface area contributed by atoms with E-state index in [2.05, 4.69) is 10.2 Å². The van der Waals surface area contributed by atoms with Crippen molar-refractivity contribution in [2.75, 3.05) is 11.9 Å². The van der Waals surface area contributed by atoms with Crippen LogP contribution in [-0.4, -0.2) is 23.2 Å². The molecule has 0 atom stereocenters. The van der Waals surface area contributed by atoms with E-state index in [0.717, 1.165) is 0 Å². The van der Waals surface area contributed by atoms with Crippen molar-refractivity contribution in [3.05, 3.63) is 47.8 Å². The Labute approximate surface area is 98.3 Å². The molecule has 0 radical (unpaired) electrons. The van der Waals surface area contributed by atoms with Crippen LogP contribution in [0.4, 0.5) is 5.69 Å². The van der Waals surface area contributed by atoms with E-state index in [-0.39, 0.29) is 5.91 Å². The minimum absolute atomic E-state index is 0.172. The van der Waals surface area contributed by atoms with Gasteiger partial charge in [0.1, 0.15) is 0 Å². The number of aromatic amines is 1. The van der Waals surface area contributed by atoms with Gasteiger partial charge in [0.25, 0.3) is 5.91 Å². The zero-order valence-corrected chi connectivity index (χ0v) is 9.21. The number of rotatable bonds is 2. The highest BCUT2D eigenvalue weighted by Gasteiger charge is 2.14. The second-order valence-electron chi connectivity index (χ2n) is 3.51. The second kappa shape index (κ2) is 4.49. The largest absolute Gasteiger partial charge is 0.311 e. The van der Waals surface area contributed by atoms with Crippen molar-refractivity contribution in [2.45, 2.75) is 0 Å². The van der Waals surface area contributed by atoms with Gasteiger partial charge in [-0.3, -0.25) is 9.89 Å². The number of aromatic nitrogens is 2. The van der Waals surface area contributed by atoms with E-state index in [9.17, 15) is 4.79 Å². The molecular formula is C12H10N4O. The Morgan fingerprint density at radius 2 is 2.35 bits per heavy atom. The molecule has 0 saturated heterocycles. The summed E-state index contributed by atoms with van der Waals surface area (Å²) in [6.45, 7) is 0. The van der Waals surface area contributed by atoms with Crippen LogP contribution in [0, 0.1) is 11.3 Å². The topological polar surface area (TPSA) is 72.8 Å². The average molecular weight is 226 g/mol. The summed E-state index contributed by atoms with van der Waals surface area (Å²) in [4.78, 5) is 13.5. The fourth-order valence-corrected chi connectivity index (χ4v) is 1.46. The normalized spacial score (nSPS) is 9.65. The van der Waals surface area contributed by atoms with E-state index >= 15 is 0 Å². The lowest BCUT2D eigenvalue weighted by Gasteiger charge is -2.16. The van der Waals surface area contributed by atoms with Gasteiger partial charge in [-0.05, 0) is 18.2 Å². The Kier molecular flexibility index (Phi) is 2.88. The third kappa shape index (κ3) is 2.16. The van der Waals surface area contributed by atoms with Crippen molar-refractivity contribution < 1.29 is 4.79 Å². The molecule has 5 heteroatoms. The summed E-state index contributed by atoms with van der Waals surface area (Å²) in [5, 5.41) is 15.1. The quantitative estimate of drug-likeness (QED) is 0.844. The van der Waals surface area contributed by atoms with Gasteiger partial charge < -0.3 is 4.90 Å². The number of H-pyrrole nitrogens is 1. The summed E-state index contributed by atoms with van der Waals surface area (Å²) in [5.74, 6) is -0.172. The third-order valence-corrected chi connectivity index (χ3v) is 2.41. The number of hydrogen-bond acceptors (Lipinski definition) is 3. The molecule has 5 nitrogen and oxygen atoms in total. The Bertz CT molecular complexity index is 568. The fraction of sp³-hybridized carbons (Fsp3) is 0.0833. The molecular weight excluding hydrogens is 216 g/mol. The van der Waals surface area contributed by atoms with Crippen molar-refractivity contribution in [3.63, 3.8) is 0 Å². The first-order valence-electron chi connectivity index (χ1n) is 4.99. The molecule has 0 fully saturated rings. The number of anilines is 1. The number of amides is 1. The molecule has 0 aliphatic rings. The molecule has 1 aromatic carbocycles. The van der Waals surface area contributed by atoms with Crippen LogP contribution in [0.25, 0.3) is 0 Å². The Balaban J connectivity index is 2.28. The molecule has 84 valence electrons. The van der Waals surface area contributed by atoms with Crippen molar-refractivity contribution in [2.24, 2.45) is 0 Å². The molecule has 0 saturated carbocycles. The van der Waals surface area contributed by atoms with Crippen molar-refractivity contribution in [3.8, 4) is 6.07 Å². The van der Waals surface area contributed by atoms with E-state index in [1.54, 1.807) is 31.3 Å². The van der Waals surface area contributed by atoms with E-state index in [0.29, 0.717) is 16.8 Å². The monoisotopic (exact) mass is 226 g/mol. The van der Waals surface area contributed by atoms with Crippen molar-refractivity contribution >= 4 is 11.6 Å². The minimum atomic E-state index is -0.172. The van der Waals surface area contributed by atoms with Gasteiger partial charge in [-0.1, -0.05) is 6.07 Å². The van der Waals surface area contributed by atoms with Gasteiger partial charge in [-0.15, -0.1) is 0 Å². The van der Waals surface area contributed by atoms with E-state index in [1.807, 2.05) is 6.07 Å². The van der Waals surface area contributed by atoms with Gasteiger partial charge >= 0.3 is 0 Å². The first-order valence-corrected chi connectivity index (χ1v) is 4.99. The Hall–Kier alpha value is -2.61. The molecule has 0 bridgehead atoms. The smallest absolute Gasteiger partial charge is 0.261 e. The van der Waals surface area contributed by atoms with Crippen molar-refractivity contribution in [1.29, 1.82) is 5.26 Å². The average Bonchev–Trinajstić information content (AvgIpc) is 2.91. The lowest BCUT2D eigenvalue weighted by Crippen LogP contribution is -2.25. The van der Waals surface area contributed by atoms with E-state index < -0.39 is 0 Å². The van der Waals surface area contributed by atoms with Crippen molar-refractivity contribution in [1.82, 2.24) is 10.2 Å².